The zero-order valence-electron chi connectivity index (χ0n) is 17.2. The van der Waals surface area contributed by atoms with Crippen molar-refractivity contribution in [3.05, 3.63) is 64.7 Å². The van der Waals surface area contributed by atoms with E-state index in [4.69, 9.17) is 4.74 Å². The van der Waals surface area contributed by atoms with E-state index in [1.165, 1.54) is 0 Å². The molecule has 1 amide bonds. The topological polar surface area (TPSA) is 75.6 Å². The number of aryl methyl sites for hydroxylation is 2. The van der Waals surface area contributed by atoms with Crippen molar-refractivity contribution in [1.82, 2.24) is 5.32 Å². The van der Waals surface area contributed by atoms with Gasteiger partial charge in [0.1, 0.15) is 5.75 Å². The summed E-state index contributed by atoms with van der Waals surface area (Å²) >= 11 is 0. The first-order valence-electron chi connectivity index (χ1n) is 9.38. The van der Waals surface area contributed by atoms with Crippen molar-refractivity contribution in [2.75, 3.05) is 6.61 Å². The normalized spacial score (nSPS) is 12.3. The van der Waals surface area contributed by atoms with E-state index in [1.807, 2.05) is 56.3 Å². The van der Waals surface area contributed by atoms with Crippen molar-refractivity contribution in [1.29, 1.82) is 0 Å². The van der Waals surface area contributed by atoms with Crippen molar-refractivity contribution in [3.8, 4) is 5.75 Å². The summed E-state index contributed by atoms with van der Waals surface area (Å²) in [6, 6.07) is 12.9. The average Bonchev–Trinajstić information content (AvgIpc) is 2.61. The fourth-order valence-corrected chi connectivity index (χ4v) is 2.88. The molecule has 1 atom stereocenters. The molecule has 28 heavy (non-hydrogen) atoms. The van der Waals surface area contributed by atoms with Gasteiger partial charge in [0.15, 0.2) is 6.61 Å². The monoisotopic (exact) mass is 383 g/mol. The Kier molecular flexibility index (Phi) is 6.84. The number of hydrogen-bond acceptors (Lipinski definition) is 3. The summed E-state index contributed by atoms with van der Waals surface area (Å²) in [5.74, 6) is -0.674. The van der Waals surface area contributed by atoms with Gasteiger partial charge in [0.25, 0.3) is 5.91 Å². The van der Waals surface area contributed by atoms with Crippen LogP contribution in [-0.2, 0) is 15.0 Å². The van der Waals surface area contributed by atoms with E-state index >= 15 is 0 Å². The van der Waals surface area contributed by atoms with E-state index in [0.717, 1.165) is 22.3 Å². The molecular formula is C23H29NO4. The first-order chi connectivity index (χ1) is 13.1. The third-order valence-corrected chi connectivity index (χ3v) is 4.60. The summed E-state index contributed by atoms with van der Waals surface area (Å²) in [6.07, 6.45) is -0.190. The van der Waals surface area contributed by atoms with Gasteiger partial charge in [0.05, 0.1) is 12.5 Å². The zero-order valence-corrected chi connectivity index (χ0v) is 17.2. The number of nitrogens with one attached hydrogen (secondary N) is 1. The molecule has 0 heterocycles. The Morgan fingerprint density at radius 3 is 2.29 bits per heavy atom. The molecule has 0 saturated heterocycles. The van der Waals surface area contributed by atoms with Crippen molar-refractivity contribution >= 4 is 11.9 Å². The maximum Gasteiger partial charge on any atom is 0.305 e. The van der Waals surface area contributed by atoms with Crippen LogP contribution in [-0.4, -0.2) is 23.6 Å². The molecule has 0 aromatic heterocycles. The predicted octanol–water partition coefficient (Wildman–Crippen LogP) is 4.31. The van der Waals surface area contributed by atoms with Crippen LogP contribution in [0.25, 0.3) is 0 Å². The first-order valence-corrected chi connectivity index (χ1v) is 9.38. The second-order valence-corrected chi connectivity index (χ2v) is 8.15. The van der Waals surface area contributed by atoms with Gasteiger partial charge in [0, 0.05) is 0 Å². The minimum Gasteiger partial charge on any atom is -0.483 e. The van der Waals surface area contributed by atoms with Gasteiger partial charge >= 0.3 is 5.97 Å². The molecule has 0 spiro atoms. The number of carbonyl (C=O) groups excluding carboxylic acids is 1. The molecule has 5 nitrogen and oxygen atoms in total. The van der Waals surface area contributed by atoms with Crippen molar-refractivity contribution in [2.45, 2.75) is 52.5 Å². The highest BCUT2D eigenvalue weighted by Gasteiger charge is 2.20. The summed E-state index contributed by atoms with van der Waals surface area (Å²) in [4.78, 5) is 23.6. The van der Waals surface area contributed by atoms with Crippen LogP contribution >= 0.6 is 0 Å². The second kappa shape index (κ2) is 8.91. The highest BCUT2D eigenvalue weighted by molar-refractivity contribution is 5.79. The number of amides is 1. The Bertz CT molecular complexity index is 835. The smallest absolute Gasteiger partial charge is 0.305 e. The SMILES string of the molecule is Cc1ccc(C)c(OCC(=O)NC(CC(=O)O)c2ccc(C(C)(C)C)cc2)c1. The first kappa shape index (κ1) is 21.5. The molecule has 0 aliphatic rings. The van der Waals surface area contributed by atoms with Crippen molar-refractivity contribution in [2.24, 2.45) is 0 Å². The molecule has 0 bridgehead atoms. The lowest BCUT2D eigenvalue weighted by atomic mass is 9.86. The Hall–Kier alpha value is -2.82. The van der Waals surface area contributed by atoms with Crippen LogP contribution in [0, 0.1) is 13.8 Å². The molecule has 1 unspecified atom stereocenters. The summed E-state index contributed by atoms with van der Waals surface area (Å²) < 4.78 is 5.63. The van der Waals surface area contributed by atoms with E-state index in [2.05, 4.69) is 26.1 Å². The average molecular weight is 383 g/mol. The van der Waals surface area contributed by atoms with E-state index in [0.29, 0.717) is 5.75 Å². The van der Waals surface area contributed by atoms with Crippen LogP contribution in [0.2, 0.25) is 0 Å². The molecule has 150 valence electrons. The number of carboxylic acid groups (broad SMARTS) is 1. The standard InChI is InChI=1S/C23H29NO4/c1-15-6-7-16(2)20(12-15)28-14-21(25)24-19(13-22(26)27)17-8-10-18(11-9-17)23(3,4)5/h6-12,19H,13-14H2,1-5H3,(H,24,25)(H,26,27). The molecule has 2 aromatic rings. The van der Waals surface area contributed by atoms with E-state index in [-0.39, 0.29) is 24.3 Å². The van der Waals surface area contributed by atoms with Crippen molar-refractivity contribution in [3.63, 3.8) is 0 Å². The Morgan fingerprint density at radius 1 is 1.07 bits per heavy atom. The fourth-order valence-electron chi connectivity index (χ4n) is 2.88. The van der Waals surface area contributed by atoms with Gasteiger partial charge in [-0.15, -0.1) is 0 Å². The molecule has 0 fully saturated rings. The number of carbonyl (C=O) groups is 2. The molecule has 2 rings (SSSR count). The van der Waals surface area contributed by atoms with E-state index < -0.39 is 12.0 Å². The van der Waals surface area contributed by atoms with Crippen LogP contribution in [0.4, 0.5) is 0 Å². The molecule has 0 radical (unpaired) electrons. The van der Waals surface area contributed by atoms with Crippen molar-refractivity contribution < 1.29 is 19.4 Å². The van der Waals surface area contributed by atoms with Crippen LogP contribution in [0.1, 0.15) is 55.5 Å². The van der Waals surface area contributed by atoms with Gasteiger partial charge in [-0.3, -0.25) is 9.59 Å². The van der Waals surface area contributed by atoms with Gasteiger partial charge in [-0.2, -0.15) is 0 Å². The largest absolute Gasteiger partial charge is 0.483 e. The van der Waals surface area contributed by atoms with Gasteiger partial charge in [-0.1, -0.05) is 57.2 Å². The Labute approximate surface area is 166 Å². The van der Waals surface area contributed by atoms with E-state index in [1.54, 1.807) is 0 Å². The third kappa shape index (κ3) is 6.12. The van der Waals surface area contributed by atoms with E-state index in [9.17, 15) is 14.7 Å². The van der Waals surface area contributed by atoms with Gasteiger partial charge in [-0.05, 0) is 47.6 Å². The highest BCUT2D eigenvalue weighted by Crippen LogP contribution is 2.25. The number of benzene rings is 2. The van der Waals surface area contributed by atoms with Gasteiger partial charge < -0.3 is 15.2 Å². The minimum atomic E-state index is -0.972. The molecule has 0 aliphatic carbocycles. The molecule has 0 saturated carbocycles. The number of hydrogen-bond donors (Lipinski definition) is 2. The molecule has 2 N–H and O–H groups in total. The van der Waals surface area contributed by atoms with Crippen LogP contribution in [0.3, 0.4) is 0 Å². The maximum atomic E-state index is 12.4. The lowest BCUT2D eigenvalue weighted by Gasteiger charge is -2.22. The number of ether oxygens (including phenoxy) is 1. The Balaban J connectivity index is 2.07. The summed E-state index contributed by atoms with van der Waals surface area (Å²) in [7, 11) is 0. The maximum absolute atomic E-state index is 12.4. The predicted molar refractivity (Wildman–Crippen MR) is 110 cm³/mol. The lowest BCUT2D eigenvalue weighted by molar-refractivity contribution is -0.137. The van der Waals surface area contributed by atoms with Gasteiger partial charge in [-0.25, -0.2) is 0 Å². The summed E-state index contributed by atoms with van der Waals surface area (Å²) in [5, 5.41) is 12.0. The summed E-state index contributed by atoms with van der Waals surface area (Å²) in [6.45, 7) is 10.0. The lowest BCUT2D eigenvalue weighted by Crippen LogP contribution is -2.34. The molecular weight excluding hydrogens is 354 g/mol. The Morgan fingerprint density at radius 2 is 1.71 bits per heavy atom. The molecule has 0 aliphatic heterocycles. The minimum absolute atomic E-state index is 0.00356. The number of aliphatic carboxylic acids is 1. The molecule has 2 aromatic carbocycles. The number of rotatable bonds is 7. The van der Waals surface area contributed by atoms with Crippen LogP contribution in [0.15, 0.2) is 42.5 Å². The zero-order chi connectivity index (χ0) is 20.9. The summed E-state index contributed by atoms with van der Waals surface area (Å²) in [5.41, 5.74) is 3.90. The second-order valence-electron chi connectivity index (χ2n) is 8.15. The third-order valence-electron chi connectivity index (χ3n) is 4.60. The van der Waals surface area contributed by atoms with Gasteiger partial charge in [0.2, 0.25) is 0 Å². The molecule has 5 heteroatoms. The quantitative estimate of drug-likeness (QED) is 0.747. The van der Waals surface area contributed by atoms with Crippen LogP contribution < -0.4 is 10.1 Å². The number of carboxylic acids is 1. The van der Waals surface area contributed by atoms with Crippen LogP contribution in [0.5, 0.6) is 5.75 Å². The highest BCUT2D eigenvalue weighted by atomic mass is 16.5. The fraction of sp³-hybridized carbons (Fsp3) is 0.391.